The lowest BCUT2D eigenvalue weighted by Crippen LogP contribution is -2.20. The Balaban J connectivity index is 2.79. The molecule has 1 fully saturated rings. The van der Waals surface area contributed by atoms with Crippen LogP contribution in [0.15, 0.2) is 0 Å². The topological polar surface area (TPSA) is 8.72 Å². The smallest absolute Gasteiger partial charge is 0.222 e. The lowest BCUT2D eigenvalue weighted by Gasteiger charge is -2.07. The quantitative estimate of drug-likeness (QED) is 0.508. The zero-order chi connectivity index (χ0) is 9.84. The molecular formula is C9H8N2S2. The molecule has 0 bridgehead atoms. The molecule has 0 radical (unpaired) electrons. The molecule has 1 aliphatic rings. The molecule has 1 saturated carbocycles. The fraction of sp³-hybridized carbons (Fsp3) is 0.556. The van der Waals surface area contributed by atoms with Gasteiger partial charge in [0.25, 0.3) is 0 Å². The van der Waals surface area contributed by atoms with Gasteiger partial charge in [-0.1, -0.05) is 24.4 Å². The highest BCUT2D eigenvalue weighted by molar-refractivity contribution is 7.82. The maximum atomic E-state index is 6.79. The summed E-state index contributed by atoms with van der Waals surface area (Å²) in [4.78, 5) is 8.41. The Hall–Kier alpha value is -0.840. The molecule has 0 aliphatic heterocycles. The first-order valence-corrected chi connectivity index (χ1v) is 4.74. The fourth-order valence-corrected chi connectivity index (χ4v) is 2.42. The van der Waals surface area contributed by atoms with E-state index in [4.69, 9.17) is 37.6 Å². The average molecular weight is 208 g/mol. The second-order valence-corrected chi connectivity index (χ2v) is 4.05. The van der Waals surface area contributed by atoms with Crippen molar-refractivity contribution in [2.45, 2.75) is 6.42 Å². The second-order valence-electron chi connectivity index (χ2n) is 3.00. The van der Waals surface area contributed by atoms with E-state index in [2.05, 4.69) is 9.69 Å². The first-order valence-electron chi connectivity index (χ1n) is 3.92. The molecule has 1 rings (SSSR count). The Morgan fingerprint density at radius 3 is 1.77 bits per heavy atom. The van der Waals surface area contributed by atoms with Gasteiger partial charge >= 0.3 is 0 Å². The third-order valence-corrected chi connectivity index (χ3v) is 3.13. The van der Waals surface area contributed by atoms with Gasteiger partial charge in [0, 0.05) is 16.1 Å². The number of hydrogen-bond donors (Lipinski definition) is 0. The van der Waals surface area contributed by atoms with Crippen LogP contribution in [-0.2, 0) is 0 Å². The molecule has 0 amide bonds. The number of rotatable bonds is 2. The van der Waals surface area contributed by atoms with Crippen LogP contribution in [0.4, 0.5) is 0 Å². The molecule has 2 nitrogen and oxygen atoms in total. The average Bonchev–Trinajstić information content (AvgIpc) is 2.33. The van der Waals surface area contributed by atoms with Crippen molar-refractivity contribution in [1.29, 1.82) is 0 Å². The van der Waals surface area contributed by atoms with Crippen molar-refractivity contribution in [2.75, 3.05) is 13.1 Å². The summed E-state index contributed by atoms with van der Waals surface area (Å²) in [5, 5.41) is 0. The van der Waals surface area contributed by atoms with E-state index in [-0.39, 0.29) is 11.8 Å². The van der Waals surface area contributed by atoms with Crippen molar-refractivity contribution in [2.24, 2.45) is 11.8 Å². The minimum atomic E-state index is 0.0640. The monoisotopic (exact) mass is 208 g/mol. The van der Waals surface area contributed by atoms with Gasteiger partial charge in [-0.3, -0.25) is 0 Å². The summed E-state index contributed by atoms with van der Waals surface area (Å²) in [5.41, 5.74) is 0. The molecule has 4 heteroatoms. The van der Waals surface area contributed by atoms with E-state index in [1.807, 2.05) is 0 Å². The molecule has 0 saturated heterocycles. The highest BCUT2D eigenvalue weighted by Crippen LogP contribution is 2.28. The first-order chi connectivity index (χ1) is 6.20. The molecule has 2 unspecified atom stereocenters. The number of hydrogen-bond acceptors (Lipinski definition) is 2. The fourth-order valence-electron chi connectivity index (χ4n) is 1.54. The van der Waals surface area contributed by atoms with Gasteiger partial charge < -0.3 is 9.69 Å². The summed E-state index contributed by atoms with van der Waals surface area (Å²) < 4.78 is 0. The summed E-state index contributed by atoms with van der Waals surface area (Å²) in [7, 11) is 0. The van der Waals surface area contributed by atoms with E-state index in [0.29, 0.717) is 19.5 Å². The maximum absolute atomic E-state index is 6.79. The molecule has 0 heterocycles. The predicted octanol–water partition coefficient (Wildman–Crippen LogP) is 2.20. The van der Waals surface area contributed by atoms with E-state index in [1.54, 1.807) is 0 Å². The van der Waals surface area contributed by atoms with Gasteiger partial charge in [-0.2, -0.15) is 0 Å². The summed E-state index contributed by atoms with van der Waals surface area (Å²) >= 11 is 10.3. The summed E-state index contributed by atoms with van der Waals surface area (Å²) in [6, 6.07) is 0. The van der Waals surface area contributed by atoms with Gasteiger partial charge in [-0.15, -0.1) is 0 Å². The van der Waals surface area contributed by atoms with Crippen LogP contribution in [0.2, 0.25) is 0 Å². The molecular weight excluding hydrogens is 200 g/mol. The summed E-state index contributed by atoms with van der Waals surface area (Å²) in [5.74, 6) is 0.128. The van der Waals surface area contributed by atoms with Crippen molar-refractivity contribution in [3.8, 4) is 0 Å². The van der Waals surface area contributed by atoms with Crippen LogP contribution in [0.3, 0.4) is 0 Å². The predicted molar refractivity (Wildman–Crippen MR) is 59.7 cm³/mol. The molecule has 2 atom stereocenters. The Morgan fingerprint density at radius 1 is 1.08 bits per heavy atom. The highest BCUT2D eigenvalue weighted by atomic mass is 32.1. The number of thiocarbonyl (C=S) groups is 2. The van der Waals surface area contributed by atoms with E-state index in [9.17, 15) is 0 Å². The largest absolute Gasteiger partial charge is 0.316 e. The van der Waals surface area contributed by atoms with E-state index in [0.717, 1.165) is 9.73 Å². The zero-order valence-electron chi connectivity index (χ0n) is 6.99. The molecule has 0 aromatic rings. The Morgan fingerprint density at radius 2 is 1.46 bits per heavy atom. The first kappa shape index (κ1) is 10.2. The Labute approximate surface area is 88.6 Å². The lowest BCUT2D eigenvalue weighted by molar-refractivity contribution is 0.628. The molecule has 0 aromatic heterocycles. The SMILES string of the molecule is [C-]#[N+]CC1C(=S)CC(=S)C1C[N+]#[C-]. The van der Waals surface area contributed by atoms with Crippen LogP contribution >= 0.6 is 24.4 Å². The Bertz CT molecular complexity index is 289. The van der Waals surface area contributed by atoms with Crippen LogP contribution in [0.5, 0.6) is 0 Å². The van der Waals surface area contributed by atoms with E-state index in [1.165, 1.54) is 0 Å². The standard InChI is InChI=1S/C9H8N2S2/c1-10-4-6-7(5-11-2)9(13)3-8(6)12/h6-7H,3-5H2. The Kier molecular flexibility index (Phi) is 3.48. The minimum Gasteiger partial charge on any atom is -0.316 e. The van der Waals surface area contributed by atoms with E-state index < -0.39 is 0 Å². The van der Waals surface area contributed by atoms with Crippen molar-refractivity contribution in [3.63, 3.8) is 0 Å². The van der Waals surface area contributed by atoms with Crippen molar-refractivity contribution in [3.05, 3.63) is 22.8 Å². The molecule has 0 aromatic carbocycles. The molecule has 1 aliphatic carbocycles. The third kappa shape index (κ3) is 2.09. The van der Waals surface area contributed by atoms with Gasteiger partial charge in [0.1, 0.15) is 0 Å². The molecule has 13 heavy (non-hydrogen) atoms. The van der Waals surface area contributed by atoms with Gasteiger partial charge in [0.2, 0.25) is 13.1 Å². The zero-order valence-corrected chi connectivity index (χ0v) is 8.62. The summed E-state index contributed by atoms with van der Waals surface area (Å²) in [6.07, 6.45) is 0.658. The van der Waals surface area contributed by atoms with Gasteiger partial charge in [0.05, 0.1) is 11.8 Å². The second kappa shape index (κ2) is 4.41. The lowest BCUT2D eigenvalue weighted by atomic mass is 9.96. The third-order valence-electron chi connectivity index (χ3n) is 2.24. The molecule has 0 spiro atoms. The highest BCUT2D eigenvalue weighted by Gasteiger charge is 2.39. The van der Waals surface area contributed by atoms with Crippen molar-refractivity contribution in [1.82, 2.24) is 0 Å². The van der Waals surface area contributed by atoms with Crippen molar-refractivity contribution >= 4 is 34.2 Å². The number of nitrogens with zero attached hydrogens (tertiary/aromatic N) is 2. The summed E-state index contributed by atoms with van der Waals surface area (Å²) in [6.45, 7) is 14.4. The van der Waals surface area contributed by atoms with Gasteiger partial charge in [-0.25, -0.2) is 13.1 Å². The van der Waals surface area contributed by atoms with Crippen LogP contribution in [0.25, 0.3) is 9.69 Å². The minimum absolute atomic E-state index is 0.0640. The maximum Gasteiger partial charge on any atom is 0.222 e. The van der Waals surface area contributed by atoms with Gasteiger partial charge in [0.15, 0.2) is 0 Å². The van der Waals surface area contributed by atoms with Crippen LogP contribution in [0.1, 0.15) is 6.42 Å². The van der Waals surface area contributed by atoms with Crippen molar-refractivity contribution < 1.29 is 0 Å². The molecule has 0 N–H and O–H groups in total. The van der Waals surface area contributed by atoms with Crippen LogP contribution < -0.4 is 0 Å². The molecule has 66 valence electrons. The van der Waals surface area contributed by atoms with Crippen LogP contribution in [0, 0.1) is 25.0 Å². The van der Waals surface area contributed by atoms with Gasteiger partial charge in [-0.05, 0) is 0 Å². The van der Waals surface area contributed by atoms with Crippen LogP contribution in [-0.4, -0.2) is 22.8 Å². The normalized spacial score (nSPS) is 26.9. The van der Waals surface area contributed by atoms with E-state index >= 15 is 0 Å².